The van der Waals surface area contributed by atoms with Crippen molar-refractivity contribution in [3.8, 4) is 0 Å². The Balaban J connectivity index is 1.16. The van der Waals surface area contributed by atoms with Crippen LogP contribution in [0.2, 0.25) is 0 Å². The summed E-state index contributed by atoms with van der Waals surface area (Å²) in [6.45, 7) is 0.224. The molecule has 0 N–H and O–H groups in total. The van der Waals surface area contributed by atoms with Crippen LogP contribution in [0.15, 0.2) is 72.8 Å². The van der Waals surface area contributed by atoms with Gasteiger partial charge in [-0.2, -0.15) is 0 Å². The zero-order valence-electron chi connectivity index (χ0n) is 35.7. The smallest absolute Gasteiger partial charge is 0.252 e. The second kappa shape index (κ2) is 15.3. The van der Waals surface area contributed by atoms with Crippen molar-refractivity contribution >= 4 is 57.2 Å². The molecule has 0 atom stereocenters. The number of benzene rings is 5. The first kappa shape index (κ1) is 36.6. The largest absolute Gasteiger partial charge is 0.311 e. The van der Waals surface area contributed by atoms with Gasteiger partial charge in [0.2, 0.25) is 0 Å². The van der Waals surface area contributed by atoms with E-state index in [2.05, 4.69) is 82.6 Å². The van der Waals surface area contributed by atoms with Crippen molar-refractivity contribution in [3.63, 3.8) is 0 Å². The van der Waals surface area contributed by atoms with Crippen molar-refractivity contribution in [3.05, 3.63) is 123 Å². The summed E-state index contributed by atoms with van der Waals surface area (Å²) in [5, 5.41) is 0. The molecule has 0 aromatic heterocycles. The van der Waals surface area contributed by atoms with Crippen LogP contribution >= 0.6 is 0 Å². The molecule has 1 saturated carbocycles. The second-order valence-electron chi connectivity index (χ2n) is 19.9. The van der Waals surface area contributed by atoms with Gasteiger partial charge in [-0.1, -0.05) is 69.2 Å². The van der Waals surface area contributed by atoms with Crippen molar-refractivity contribution in [2.24, 2.45) is 0 Å². The zero-order valence-corrected chi connectivity index (χ0v) is 35.7. The number of hydrogen-bond acceptors (Lipinski definition) is 2. The lowest BCUT2D eigenvalue weighted by Crippen LogP contribution is -2.61. The van der Waals surface area contributed by atoms with Crippen LogP contribution in [0.4, 0.5) is 34.1 Å². The van der Waals surface area contributed by atoms with Crippen LogP contribution in [0.25, 0.3) is 0 Å². The maximum atomic E-state index is 2.80. The average Bonchev–Trinajstić information content (AvgIpc) is 3.85. The SMILES string of the molecule is c1cc2c(cc1N1c3cc4c(cc3B3c5cc6c(cc5N(c5ccc7c(c5)CCCCC7)c5cc(C7CCCCC7)cc1c53)CCCCC6)CCCCC4)CCCCC2. The molecule has 0 spiro atoms. The number of rotatable bonds is 3. The first-order valence-corrected chi connectivity index (χ1v) is 24.6. The van der Waals surface area contributed by atoms with Gasteiger partial charge in [-0.15, -0.1) is 0 Å². The van der Waals surface area contributed by atoms with E-state index in [4.69, 9.17) is 0 Å². The van der Waals surface area contributed by atoms with Crippen molar-refractivity contribution in [2.75, 3.05) is 9.80 Å². The molecule has 3 heteroatoms. The molecule has 2 heterocycles. The quantitative estimate of drug-likeness (QED) is 0.130. The molecule has 0 amide bonds. The number of anilines is 6. The Morgan fingerprint density at radius 1 is 0.339 bits per heavy atom. The Morgan fingerprint density at radius 3 is 1.15 bits per heavy atom. The van der Waals surface area contributed by atoms with E-state index in [1.54, 1.807) is 66.5 Å². The molecule has 5 aromatic carbocycles. The molecule has 0 unspecified atom stereocenters. The third-order valence-corrected chi connectivity index (χ3v) is 16.3. The Kier molecular flexibility index (Phi) is 9.52. The molecule has 1 fully saturated rings. The van der Waals surface area contributed by atoms with Crippen molar-refractivity contribution in [1.82, 2.24) is 0 Å². The number of fused-ring (bicyclic) bond motifs is 8. The topological polar surface area (TPSA) is 6.48 Å². The molecule has 300 valence electrons. The van der Waals surface area contributed by atoms with Crippen LogP contribution in [0.5, 0.6) is 0 Å². The van der Waals surface area contributed by atoms with E-state index < -0.39 is 0 Å². The highest BCUT2D eigenvalue weighted by Crippen LogP contribution is 2.49. The first-order valence-electron chi connectivity index (χ1n) is 24.6. The summed E-state index contributed by atoms with van der Waals surface area (Å²) in [5.74, 6) is 0.619. The highest BCUT2D eigenvalue weighted by atomic mass is 15.2. The molecular weight excluding hydrogens is 711 g/mol. The fourth-order valence-electron chi connectivity index (χ4n) is 13.1. The van der Waals surface area contributed by atoms with Crippen LogP contribution in [-0.4, -0.2) is 6.71 Å². The standard InChI is InChI=1S/C56H63BN2/c1-6-16-38(17-7-1)47-36-54-56-55(37-47)59(49-29-27-40-19-9-3-11-21-42(40)31-49)53-35-46-25-15-5-13-23-44(46)33-51(53)57(56)50-32-43-22-12-4-14-24-45(43)34-52(50)58(54)48-28-26-39-18-8-2-10-20-41(39)30-48/h26-38H,1-25H2. The summed E-state index contributed by atoms with van der Waals surface area (Å²) in [7, 11) is 0. The second-order valence-corrected chi connectivity index (χ2v) is 19.9. The van der Waals surface area contributed by atoms with Gasteiger partial charge in [0, 0.05) is 34.1 Å². The van der Waals surface area contributed by atoms with Gasteiger partial charge in [-0.05, 0) is 236 Å². The van der Waals surface area contributed by atoms with Gasteiger partial charge in [0.1, 0.15) is 0 Å². The van der Waals surface area contributed by atoms with Gasteiger partial charge < -0.3 is 9.80 Å². The minimum Gasteiger partial charge on any atom is -0.311 e. The Hall–Kier alpha value is -4.24. The van der Waals surface area contributed by atoms with Gasteiger partial charge in [0.05, 0.1) is 0 Å². The molecule has 5 aromatic rings. The van der Waals surface area contributed by atoms with E-state index in [9.17, 15) is 0 Å². The zero-order chi connectivity index (χ0) is 38.9. The average molecular weight is 775 g/mol. The molecule has 59 heavy (non-hydrogen) atoms. The number of hydrogen-bond donors (Lipinski definition) is 0. The third-order valence-electron chi connectivity index (χ3n) is 16.3. The number of aryl methyl sites for hydroxylation is 8. The van der Waals surface area contributed by atoms with E-state index in [1.807, 2.05) is 0 Å². The Labute approximate surface area is 354 Å². The summed E-state index contributed by atoms with van der Waals surface area (Å²) >= 11 is 0. The molecule has 7 aliphatic rings. The van der Waals surface area contributed by atoms with Crippen LogP contribution in [0, 0.1) is 0 Å². The highest BCUT2D eigenvalue weighted by Gasteiger charge is 2.45. The monoisotopic (exact) mass is 775 g/mol. The summed E-state index contributed by atoms with van der Waals surface area (Å²) in [5.41, 5.74) is 27.7. The van der Waals surface area contributed by atoms with Crippen molar-refractivity contribution in [2.45, 2.75) is 166 Å². The minimum absolute atomic E-state index is 0.224. The van der Waals surface area contributed by atoms with Crippen molar-refractivity contribution < 1.29 is 0 Å². The normalized spacial score (nSPS) is 20.0. The third kappa shape index (κ3) is 6.42. The fraction of sp³-hybridized carbons (Fsp3) is 0.464. The predicted octanol–water partition coefficient (Wildman–Crippen LogP) is 12.9. The molecule has 0 radical (unpaired) electrons. The lowest BCUT2D eigenvalue weighted by atomic mass is 9.33. The lowest BCUT2D eigenvalue weighted by molar-refractivity contribution is 0.444. The van der Waals surface area contributed by atoms with E-state index in [-0.39, 0.29) is 6.71 Å². The Morgan fingerprint density at radius 2 is 0.712 bits per heavy atom. The van der Waals surface area contributed by atoms with E-state index in [0.29, 0.717) is 5.92 Å². The summed E-state index contributed by atoms with van der Waals surface area (Å²) in [6.07, 6.45) is 32.4. The first-order chi connectivity index (χ1) is 29.2. The molecule has 12 rings (SSSR count). The van der Waals surface area contributed by atoms with Gasteiger partial charge in [-0.25, -0.2) is 0 Å². The van der Waals surface area contributed by atoms with E-state index in [0.717, 1.165) is 0 Å². The Bertz CT molecular complexity index is 2280. The van der Waals surface area contributed by atoms with Gasteiger partial charge in [-0.3, -0.25) is 0 Å². The predicted molar refractivity (Wildman–Crippen MR) is 251 cm³/mol. The summed E-state index contributed by atoms with van der Waals surface area (Å²) in [6, 6.07) is 31.7. The fourth-order valence-corrected chi connectivity index (χ4v) is 13.1. The van der Waals surface area contributed by atoms with Crippen LogP contribution < -0.4 is 26.2 Å². The maximum Gasteiger partial charge on any atom is 0.252 e. The van der Waals surface area contributed by atoms with Gasteiger partial charge >= 0.3 is 0 Å². The maximum absolute atomic E-state index is 2.80. The summed E-state index contributed by atoms with van der Waals surface area (Å²) in [4.78, 5) is 5.61. The molecule has 5 aliphatic carbocycles. The van der Waals surface area contributed by atoms with Crippen LogP contribution in [0.3, 0.4) is 0 Å². The molecular formula is C56H63BN2. The van der Waals surface area contributed by atoms with E-state index in [1.165, 1.54) is 195 Å². The lowest BCUT2D eigenvalue weighted by Gasteiger charge is -2.45. The van der Waals surface area contributed by atoms with Crippen molar-refractivity contribution in [1.29, 1.82) is 0 Å². The molecule has 0 bridgehead atoms. The highest BCUT2D eigenvalue weighted by molar-refractivity contribution is 7.00. The molecule has 0 saturated heterocycles. The van der Waals surface area contributed by atoms with Crippen LogP contribution in [-0.2, 0) is 51.4 Å². The van der Waals surface area contributed by atoms with Gasteiger partial charge in [0.15, 0.2) is 0 Å². The summed E-state index contributed by atoms with van der Waals surface area (Å²) < 4.78 is 0. The molecule has 2 nitrogen and oxygen atoms in total. The van der Waals surface area contributed by atoms with E-state index >= 15 is 0 Å². The van der Waals surface area contributed by atoms with Crippen LogP contribution in [0.1, 0.15) is 165 Å². The number of nitrogens with zero attached hydrogens (tertiary/aromatic N) is 2. The minimum atomic E-state index is 0.224. The van der Waals surface area contributed by atoms with Gasteiger partial charge in [0.25, 0.3) is 6.71 Å². The molecule has 2 aliphatic heterocycles.